The summed E-state index contributed by atoms with van der Waals surface area (Å²) in [7, 11) is 1.44. The summed E-state index contributed by atoms with van der Waals surface area (Å²) in [5, 5.41) is 0. The minimum absolute atomic E-state index is 0.0641. The van der Waals surface area contributed by atoms with E-state index in [-0.39, 0.29) is 11.9 Å². The molecule has 100 valence electrons. The number of rotatable bonds is 7. The van der Waals surface area contributed by atoms with Crippen LogP contribution in [0.4, 0.5) is 0 Å². The molecule has 3 nitrogen and oxygen atoms in total. The van der Waals surface area contributed by atoms with Gasteiger partial charge in [0.05, 0.1) is 13.0 Å². The second-order valence-corrected chi connectivity index (χ2v) is 4.55. The lowest BCUT2D eigenvalue weighted by Crippen LogP contribution is -2.33. The smallest absolute Gasteiger partial charge is 0.309 e. The van der Waals surface area contributed by atoms with Crippen LogP contribution in [-0.2, 0) is 16.0 Å². The van der Waals surface area contributed by atoms with E-state index in [1.165, 1.54) is 12.7 Å². The molecule has 1 rings (SSSR count). The van der Waals surface area contributed by atoms with Crippen LogP contribution in [0.3, 0.4) is 0 Å². The molecule has 1 aromatic carbocycles. The van der Waals surface area contributed by atoms with E-state index >= 15 is 0 Å². The number of esters is 1. The molecule has 1 atom stereocenters. The van der Waals surface area contributed by atoms with E-state index < -0.39 is 0 Å². The Morgan fingerprint density at radius 3 is 2.56 bits per heavy atom. The topological polar surface area (TPSA) is 29.5 Å². The SMILES string of the molecule is CCN(CCc1ccccc1)C[C@H](C)C(=O)OC. The van der Waals surface area contributed by atoms with Crippen LogP contribution in [0.15, 0.2) is 30.3 Å². The van der Waals surface area contributed by atoms with Crippen LogP contribution < -0.4 is 0 Å². The molecule has 0 saturated heterocycles. The maximum Gasteiger partial charge on any atom is 0.309 e. The second-order valence-electron chi connectivity index (χ2n) is 4.55. The number of hydrogen-bond acceptors (Lipinski definition) is 3. The van der Waals surface area contributed by atoms with Crippen LogP contribution in [0.5, 0.6) is 0 Å². The zero-order valence-corrected chi connectivity index (χ0v) is 11.6. The fourth-order valence-electron chi connectivity index (χ4n) is 1.97. The number of methoxy groups -OCH3 is 1. The van der Waals surface area contributed by atoms with E-state index in [1.54, 1.807) is 0 Å². The Morgan fingerprint density at radius 2 is 2.00 bits per heavy atom. The number of carbonyl (C=O) groups excluding carboxylic acids is 1. The molecule has 18 heavy (non-hydrogen) atoms. The molecule has 0 saturated carbocycles. The third-order valence-corrected chi connectivity index (χ3v) is 3.14. The van der Waals surface area contributed by atoms with Gasteiger partial charge in [0.15, 0.2) is 0 Å². The summed E-state index contributed by atoms with van der Waals surface area (Å²) in [6, 6.07) is 10.4. The highest BCUT2D eigenvalue weighted by Gasteiger charge is 2.16. The summed E-state index contributed by atoms with van der Waals surface area (Å²) < 4.78 is 4.75. The Bertz CT molecular complexity index is 351. The molecule has 0 aromatic heterocycles. The van der Waals surface area contributed by atoms with Crippen molar-refractivity contribution >= 4 is 5.97 Å². The third kappa shape index (κ3) is 4.88. The second kappa shape index (κ2) is 7.88. The molecule has 0 amide bonds. The zero-order valence-electron chi connectivity index (χ0n) is 11.6. The first-order valence-electron chi connectivity index (χ1n) is 6.51. The highest BCUT2D eigenvalue weighted by Crippen LogP contribution is 2.05. The highest BCUT2D eigenvalue weighted by atomic mass is 16.5. The van der Waals surface area contributed by atoms with Gasteiger partial charge >= 0.3 is 5.97 Å². The molecule has 0 fully saturated rings. The number of nitrogens with zero attached hydrogens (tertiary/aromatic N) is 1. The van der Waals surface area contributed by atoms with Crippen molar-refractivity contribution in [1.82, 2.24) is 4.90 Å². The first kappa shape index (κ1) is 14.7. The third-order valence-electron chi connectivity index (χ3n) is 3.14. The fraction of sp³-hybridized carbons (Fsp3) is 0.533. The molecular formula is C15H23NO2. The van der Waals surface area contributed by atoms with Crippen LogP contribution in [0, 0.1) is 5.92 Å². The van der Waals surface area contributed by atoms with Crippen LogP contribution in [-0.4, -0.2) is 37.6 Å². The minimum Gasteiger partial charge on any atom is -0.469 e. The van der Waals surface area contributed by atoms with Gasteiger partial charge in [-0.1, -0.05) is 44.2 Å². The lowest BCUT2D eigenvalue weighted by atomic mass is 10.1. The molecule has 0 bridgehead atoms. The quantitative estimate of drug-likeness (QED) is 0.695. The van der Waals surface area contributed by atoms with Crippen molar-refractivity contribution < 1.29 is 9.53 Å². The van der Waals surface area contributed by atoms with Gasteiger partial charge in [-0.3, -0.25) is 4.79 Å². The molecule has 1 aromatic rings. The molecule has 3 heteroatoms. The highest BCUT2D eigenvalue weighted by molar-refractivity contribution is 5.72. The lowest BCUT2D eigenvalue weighted by molar-refractivity contribution is -0.145. The molecule has 0 spiro atoms. The fourth-order valence-corrected chi connectivity index (χ4v) is 1.97. The molecule has 0 aliphatic rings. The Balaban J connectivity index is 2.40. The van der Waals surface area contributed by atoms with Crippen molar-refractivity contribution in [2.45, 2.75) is 20.3 Å². The van der Waals surface area contributed by atoms with Crippen molar-refractivity contribution in [3.63, 3.8) is 0 Å². The first-order chi connectivity index (χ1) is 8.67. The van der Waals surface area contributed by atoms with E-state index in [1.807, 2.05) is 13.0 Å². The lowest BCUT2D eigenvalue weighted by Gasteiger charge is -2.23. The Labute approximate surface area is 110 Å². The van der Waals surface area contributed by atoms with E-state index in [4.69, 9.17) is 4.74 Å². The van der Waals surface area contributed by atoms with Gasteiger partial charge in [0.1, 0.15) is 0 Å². The van der Waals surface area contributed by atoms with E-state index in [2.05, 4.69) is 36.1 Å². The largest absolute Gasteiger partial charge is 0.469 e. The summed E-state index contributed by atoms with van der Waals surface area (Å²) in [5.74, 6) is -0.195. The van der Waals surface area contributed by atoms with E-state index in [9.17, 15) is 4.79 Å². The van der Waals surface area contributed by atoms with Crippen LogP contribution in [0.25, 0.3) is 0 Å². The molecule has 0 aliphatic carbocycles. The van der Waals surface area contributed by atoms with Gasteiger partial charge in [-0.2, -0.15) is 0 Å². The Kier molecular flexibility index (Phi) is 6.44. The van der Waals surface area contributed by atoms with Gasteiger partial charge in [0.2, 0.25) is 0 Å². The van der Waals surface area contributed by atoms with Crippen molar-refractivity contribution in [3.8, 4) is 0 Å². The van der Waals surface area contributed by atoms with Gasteiger partial charge in [-0.15, -0.1) is 0 Å². The van der Waals surface area contributed by atoms with Gasteiger partial charge in [0, 0.05) is 13.1 Å². The van der Waals surface area contributed by atoms with E-state index in [0.717, 1.165) is 26.1 Å². The number of benzene rings is 1. The summed E-state index contributed by atoms with van der Waals surface area (Å²) >= 11 is 0. The van der Waals surface area contributed by atoms with Gasteiger partial charge in [-0.05, 0) is 18.5 Å². The molecule has 0 heterocycles. The van der Waals surface area contributed by atoms with Crippen LogP contribution in [0.2, 0.25) is 0 Å². The van der Waals surface area contributed by atoms with E-state index in [0.29, 0.717) is 0 Å². The maximum atomic E-state index is 11.4. The zero-order chi connectivity index (χ0) is 13.4. The monoisotopic (exact) mass is 249 g/mol. The predicted molar refractivity (Wildman–Crippen MR) is 73.4 cm³/mol. The molecular weight excluding hydrogens is 226 g/mol. The van der Waals surface area contributed by atoms with Crippen molar-refractivity contribution in [1.29, 1.82) is 0 Å². The number of likely N-dealkylation sites (N-methyl/N-ethyl adjacent to an activating group) is 1. The normalized spacial score (nSPS) is 12.4. The van der Waals surface area contributed by atoms with Gasteiger partial charge in [0.25, 0.3) is 0 Å². The summed E-state index contributed by atoms with van der Waals surface area (Å²) in [6.45, 7) is 6.72. The molecule has 0 aliphatic heterocycles. The molecule has 0 radical (unpaired) electrons. The van der Waals surface area contributed by atoms with Gasteiger partial charge in [-0.25, -0.2) is 0 Å². The average molecular weight is 249 g/mol. The number of carbonyl (C=O) groups is 1. The summed E-state index contributed by atoms with van der Waals surface area (Å²) in [5.41, 5.74) is 1.33. The minimum atomic E-state index is -0.131. The van der Waals surface area contributed by atoms with Crippen LogP contribution in [0.1, 0.15) is 19.4 Å². The Morgan fingerprint density at radius 1 is 1.33 bits per heavy atom. The number of ether oxygens (including phenoxy) is 1. The van der Waals surface area contributed by atoms with Crippen molar-refractivity contribution in [3.05, 3.63) is 35.9 Å². The standard InChI is InChI=1S/C15H23NO2/c1-4-16(12-13(2)15(17)18-3)11-10-14-8-6-5-7-9-14/h5-9,13H,4,10-12H2,1-3H3/t13-/m0/s1. The van der Waals surface area contributed by atoms with Crippen LogP contribution >= 0.6 is 0 Å². The summed E-state index contributed by atoms with van der Waals surface area (Å²) in [6.07, 6.45) is 1.02. The van der Waals surface area contributed by atoms with Crippen molar-refractivity contribution in [2.24, 2.45) is 5.92 Å². The van der Waals surface area contributed by atoms with Gasteiger partial charge < -0.3 is 9.64 Å². The molecule has 0 N–H and O–H groups in total. The number of hydrogen-bond donors (Lipinski definition) is 0. The predicted octanol–water partition coefficient (Wildman–Crippen LogP) is 2.36. The molecule has 0 unspecified atom stereocenters. The van der Waals surface area contributed by atoms with Crippen molar-refractivity contribution in [2.75, 3.05) is 26.7 Å². The average Bonchev–Trinajstić information content (AvgIpc) is 2.43. The first-order valence-corrected chi connectivity index (χ1v) is 6.51. The maximum absolute atomic E-state index is 11.4. The summed E-state index contributed by atoms with van der Waals surface area (Å²) in [4.78, 5) is 13.7. The Hall–Kier alpha value is -1.35.